The van der Waals surface area contributed by atoms with E-state index in [4.69, 9.17) is 9.47 Å². The van der Waals surface area contributed by atoms with Crippen molar-refractivity contribution < 1.29 is 22.7 Å². The Balaban J connectivity index is 1.54. The van der Waals surface area contributed by atoms with Gasteiger partial charge in [-0.05, 0) is 60.7 Å². The van der Waals surface area contributed by atoms with Gasteiger partial charge in [-0.15, -0.1) is 0 Å². The van der Waals surface area contributed by atoms with E-state index >= 15 is 0 Å². The molecule has 4 rings (SSSR count). The van der Waals surface area contributed by atoms with Crippen LogP contribution < -0.4 is 14.8 Å². The summed E-state index contributed by atoms with van der Waals surface area (Å²) < 4.78 is 34.4. The minimum atomic E-state index is -3.28. The van der Waals surface area contributed by atoms with Gasteiger partial charge in [0, 0.05) is 11.8 Å². The van der Waals surface area contributed by atoms with Crippen LogP contribution in [0.5, 0.6) is 11.5 Å². The molecule has 0 saturated heterocycles. The number of nitrogens with one attached hydrogen (secondary N) is 1. The van der Waals surface area contributed by atoms with Crippen molar-refractivity contribution in [2.75, 3.05) is 19.5 Å². The SMILES string of the molecule is CS(=O)(=O)c1ccc(C(=O)NC(c2ccc3c(c2)OCCO3)C2CC2)cc1. The van der Waals surface area contributed by atoms with Gasteiger partial charge in [0.25, 0.3) is 5.91 Å². The summed E-state index contributed by atoms with van der Waals surface area (Å²) in [5, 5.41) is 3.09. The van der Waals surface area contributed by atoms with Crippen LogP contribution in [0.2, 0.25) is 0 Å². The van der Waals surface area contributed by atoms with E-state index < -0.39 is 9.84 Å². The van der Waals surface area contributed by atoms with E-state index in [1.807, 2.05) is 18.2 Å². The molecule has 2 aromatic carbocycles. The summed E-state index contributed by atoms with van der Waals surface area (Å²) in [7, 11) is -3.28. The smallest absolute Gasteiger partial charge is 0.251 e. The summed E-state index contributed by atoms with van der Waals surface area (Å²) in [5.41, 5.74) is 1.42. The van der Waals surface area contributed by atoms with Gasteiger partial charge in [0.05, 0.1) is 10.9 Å². The molecular weight excluding hydrogens is 366 g/mol. The molecule has 2 aliphatic rings. The maximum atomic E-state index is 12.7. The number of hydrogen-bond donors (Lipinski definition) is 1. The van der Waals surface area contributed by atoms with Gasteiger partial charge in [-0.2, -0.15) is 0 Å². The lowest BCUT2D eigenvalue weighted by Gasteiger charge is -2.23. The zero-order valence-electron chi connectivity index (χ0n) is 15.0. The first kappa shape index (κ1) is 17.9. The molecule has 7 heteroatoms. The van der Waals surface area contributed by atoms with Gasteiger partial charge in [-0.3, -0.25) is 4.79 Å². The first-order chi connectivity index (χ1) is 12.9. The second kappa shape index (κ2) is 6.88. The summed E-state index contributed by atoms with van der Waals surface area (Å²) in [4.78, 5) is 12.9. The van der Waals surface area contributed by atoms with Crippen LogP contribution >= 0.6 is 0 Å². The highest BCUT2D eigenvalue weighted by atomic mass is 32.2. The Hall–Kier alpha value is -2.54. The van der Waals surface area contributed by atoms with Crippen molar-refractivity contribution in [3.05, 3.63) is 53.6 Å². The van der Waals surface area contributed by atoms with E-state index in [2.05, 4.69) is 5.32 Å². The quantitative estimate of drug-likeness (QED) is 0.853. The molecule has 1 amide bonds. The number of rotatable bonds is 5. The van der Waals surface area contributed by atoms with Crippen molar-refractivity contribution in [2.45, 2.75) is 23.8 Å². The molecule has 1 fully saturated rings. The van der Waals surface area contributed by atoms with E-state index in [9.17, 15) is 13.2 Å². The Morgan fingerprint density at radius 1 is 1.04 bits per heavy atom. The predicted molar refractivity (Wildman–Crippen MR) is 99.9 cm³/mol. The number of sulfone groups is 1. The van der Waals surface area contributed by atoms with Crippen LogP contribution in [-0.2, 0) is 9.84 Å². The topological polar surface area (TPSA) is 81.7 Å². The standard InChI is InChI=1S/C20H21NO5S/c1-27(23,24)16-7-4-14(5-8-16)20(22)21-19(13-2-3-13)15-6-9-17-18(12-15)26-11-10-25-17/h4-9,12-13,19H,2-3,10-11H2,1H3,(H,21,22). The maximum absolute atomic E-state index is 12.7. The third kappa shape index (κ3) is 3.93. The van der Waals surface area contributed by atoms with Gasteiger partial charge >= 0.3 is 0 Å². The van der Waals surface area contributed by atoms with Crippen LogP contribution in [0.25, 0.3) is 0 Å². The Kier molecular flexibility index (Phi) is 4.55. The predicted octanol–water partition coefficient (Wildman–Crippen LogP) is 2.74. The lowest BCUT2D eigenvalue weighted by atomic mass is 10.0. The van der Waals surface area contributed by atoms with Gasteiger partial charge in [0.1, 0.15) is 13.2 Å². The van der Waals surface area contributed by atoms with E-state index in [1.54, 1.807) is 12.1 Å². The number of carbonyl (C=O) groups is 1. The highest BCUT2D eigenvalue weighted by Gasteiger charge is 2.34. The average Bonchev–Trinajstić information content (AvgIpc) is 3.50. The van der Waals surface area contributed by atoms with E-state index in [-0.39, 0.29) is 16.8 Å². The third-order valence-electron chi connectivity index (χ3n) is 4.85. The number of hydrogen-bond acceptors (Lipinski definition) is 5. The molecule has 1 heterocycles. The molecule has 27 heavy (non-hydrogen) atoms. The first-order valence-corrected chi connectivity index (χ1v) is 10.8. The largest absolute Gasteiger partial charge is 0.486 e. The van der Waals surface area contributed by atoms with Gasteiger partial charge in [-0.25, -0.2) is 8.42 Å². The van der Waals surface area contributed by atoms with Crippen molar-refractivity contribution in [1.29, 1.82) is 0 Å². The zero-order valence-corrected chi connectivity index (χ0v) is 15.8. The van der Waals surface area contributed by atoms with Crippen LogP contribution in [0.3, 0.4) is 0 Å². The summed E-state index contributed by atoms with van der Waals surface area (Å²) in [6.07, 6.45) is 3.27. The van der Waals surface area contributed by atoms with Gasteiger partial charge in [0.15, 0.2) is 21.3 Å². The van der Waals surface area contributed by atoms with Crippen LogP contribution in [0, 0.1) is 5.92 Å². The summed E-state index contributed by atoms with van der Waals surface area (Å²) in [6.45, 7) is 1.06. The zero-order chi connectivity index (χ0) is 19.0. The molecule has 1 aliphatic heterocycles. The molecule has 1 aliphatic carbocycles. The van der Waals surface area contributed by atoms with Gasteiger partial charge < -0.3 is 14.8 Å². The molecule has 1 unspecified atom stereocenters. The molecule has 1 atom stereocenters. The van der Waals surface area contributed by atoms with Crippen molar-refractivity contribution in [2.24, 2.45) is 5.92 Å². The fourth-order valence-corrected chi connectivity index (χ4v) is 3.86. The van der Waals surface area contributed by atoms with E-state index in [1.165, 1.54) is 12.1 Å². The third-order valence-corrected chi connectivity index (χ3v) is 5.98. The average molecular weight is 387 g/mol. The molecule has 0 spiro atoms. The molecule has 0 aromatic heterocycles. The normalized spacial score (nSPS) is 17.2. The molecule has 0 radical (unpaired) electrons. The minimum absolute atomic E-state index is 0.108. The highest BCUT2D eigenvalue weighted by Crippen LogP contribution is 2.43. The second-order valence-electron chi connectivity index (χ2n) is 6.99. The summed E-state index contributed by atoms with van der Waals surface area (Å²) in [6, 6.07) is 11.7. The van der Waals surface area contributed by atoms with E-state index in [0.717, 1.165) is 30.4 Å². The van der Waals surface area contributed by atoms with Crippen molar-refractivity contribution in [3.8, 4) is 11.5 Å². The van der Waals surface area contributed by atoms with Crippen LogP contribution in [0.1, 0.15) is 34.8 Å². The first-order valence-electron chi connectivity index (χ1n) is 8.92. The number of benzene rings is 2. The van der Waals surface area contributed by atoms with Crippen molar-refractivity contribution >= 4 is 15.7 Å². The Bertz CT molecular complexity index is 964. The number of amides is 1. The second-order valence-corrected chi connectivity index (χ2v) is 9.00. The van der Waals surface area contributed by atoms with Crippen LogP contribution in [0.15, 0.2) is 47.4 Å². The lowest BCUT2D eigenvalue weighted by Crippen LogP contribution is -2.30. The molecule has 1 N–H and O–H groups in total. The fraction of sp³-hybridized carbons (Fsp3) is 0.350. The monoisotopic (exact) mass is 387 g/mol. The molecule has 2 aromatic rings. The molecule has 1 saturated carbocycles. The molecule has 0 bridgehead atoms. The van der Waals surface area contributed by atoms with E-state index in [0.29, 0.717) is 30.4 Å². The number of fused-ring (bicyclic) bond motifs is 1. The molecular formula is C20H21NO5S. The molecule has 6 nitrogen and oxygen atoms in total. The minimum Gasteiger partial charge on any atom is -0.486 e. The Morgan fingerprint density at radius 3 is 2.33 bits per heavy atom. The van der Waals surface area contributed by atoms with Gasteiger partial charge in [-0.1, -0.05) is 6.07 Å². The number of carbonyl (C=O) groups excluding carboxylic acids is 1. The fourth-order valence-electron chi connectivity index (χ4n) is 3.23. The Morgan fingerprint density at radius 2 is 1.70 bits per heavy atom. The molecule has 142 valence electrons. The van der Waals surface area contributed by atoms with Crippen LogP contribution in [-0.4, -0.2) is 33.8 Å². The van der Waals surface area contributed by atoms with Gasteiger partial charge in [0.2, 0.25) is 0 Å². The lowest BCUT2D eigenvalue weighted by molar-refractivity contribution is 0.0931. The van der Waals surface area contributed by atoms with Crippen LogP contribution in [0.4, 0.5) is 0 Å². The van der Waals surface area contributed by atoms with Crippen molar-refractivity contribution in [3.63, 3.8) is 0 Å². The van der Waals surface area contributed by atoms with Crippen molar-refractivity contribution in [1.82, 2.24) is 5.32 Å². The Labute approximate surface area is 158 Å². The maximum Gasteiger partial charge on any atom is 0.251 e. The summed E-state index contributed by atoms with van der Waals surface area (Å²) >= 11 is 0. The number of ether oxygens (including phenoxy) is 2. The summed E-state index contributed by atoms with van der Waals surface area (Å²) in [5.74, 6) is 1.60. The highest BCUT2D eigenvalue weighted by molar-refractivity contribution is 7.90.